The third-order valence-electron chi connectivity index (χ3n) is 5.20. The molecule has 0 aliphatic rings. The maximum Gasteiger partial charge on any atom is 0.243 e. The number of nitrogens with zero attached hydrogens (tertiary/aromatic N) is 1. The zero-order chi connectivity index (χ0) is 20.7. The fourth-order valence-electron chi connectivity index (χ4n) is 3.13. The third-order valence-corrected chi connectivity index (χ3v) is 7.44. The monoisotopic (exact) mass is 423 g/mol. The molecule has 2 rings (SSSR count). The molecule has 2 aromatic rings. The van der Waals surface area contributed by atoms with Crippen LogP contribution in [0.3, 0.4) is 0 Å². The Morgan fingerprint density at radius 2 is 1.61 bits per heavy atom. The van der Waals surface area contributed by atoms with E-state index in [4.69, 9.17) is 11.6 Å². The van der Waals surface area contributed by atoms with E-state index in [1.807, 2.05) is 39.0 Å². The molecule has 0 spiro atoms. The van der Waals surface area contributed by atoms with Crippen LogP contribution in [0, 0.1) is 11.8 Å². The molecule has 0 heterocycles. The molecular weight excluding hydrogens is 394 g/mol. The minimum Gasteiger partial charge on any atom is -0.396 e. The largest absolute Gasteiger partial charge is 0.396 e. The van der Waals surface area contributed by atoms with Crippen LogP contribution in [-0.2, 0) is 16.4 Å². The summed E-state index contributed by atoms with van der Waals surface area (Å²) in [4.78, 5) is 0.226. The van der Waals surface area contributed by atoms with Crippen molar-refractivity contribution in [2.24, 2.45) is 11.8 Å². The standard InChI is InChI=1S/C22H30ClNO3S/c1-17(2)20(16-25)15-24(18(3)9-10-19-7-5-4-6-8-19)28(26,27)22-13-11-21(23)12-14-22/h4-8,11-14,17-18,20,25H,9-10,15-16H2,1-3H3. The van der Waals surface area contributed by atoms with E-state index in [1.54, 1.807) is 16.4 Å². The number of aryl methyl sites for hydroxylation is 1. The predicted octanol–water partition coefficient (Wildman–Crippen LogP) is 4.62. The quantitative estimate of drug-likeness (QED) is 0.606. The smallest absolute Gasteiger partial charge is 0.243 e. The van der Waals surface area contributed by atoms with Gasteiger partial charge in [-0.25, -0.2) is 8.42 Å². The lowest BCUT2D eigenvalue weighted by Gasteiger charge is -2.32. The van der Waals surface area contributed by atoms with Gasteiger partial charge in [-0.1, -0.05) is 55.8 Å². The highest BCUT2D eigenvalue weighted by Crippen LogP contribution is 2.25. The molecular formula is C22H30ClNO3S. The molecule has 0 fully saturated rings. The van der Waals surface area contributed by atoms with Gasteiger partial charge >= 0.3 is 0 Å². The van der Waals surface area contributed by atoms with Gasteiger partial charge in [-0.15, -0.1) is 0 Å². The van der Waals surface area contributed by atoms with Crippen molar-refractivity contribution in [3.05, 3.63) is 65.2 Å². The van der Waals surface area contributed by atoms with Crippen molar-refractivity contribution in [1.29, 1.82) is 0 Å². The van der Waals surface area contributed by atoms with Gasteiger partial charge in [0.2, 0.25) is 10.0 Å². The van der Waals surface area contributed by atoms with Crippen molar-refractivity contribution < 1.29 is 13.5 Å². The van der Waals surface area contributed by atoms with E-state index in [2.05, 4.69) is 12.1 Å². The molecule has 0 amide bonds. The number of aliphatic hydroxyl groups is 1. The Morgan fingerprint density at radius 3 is 2.14 bits per heavy atom. The van der Waals surface area contributed by atoms with Crippen LogP contribution < -0.4 is 0 Å². The fourth-order valence-corrected chi connectivity index (χ4v) is 4.98. The summed E-state index contributed by atoms with van der Waals surface area (Å²) >= 11 is 5.93. The second-order valence-electron chi connectivity index (χ2n) is 7.59. The van der Waals surface area contributed by atoms with Crippen molar-refractivity contribution in [3.63, 3.8) is 0 Å². The molecule has 0 radical (unpaired) electrons. The molecule has 154 valence electrons. The summed E-state index contributed by atoms with van der Waals surface area (Å²) in [5, 5.41) is 10.3. The van der Waals surface area contributed by atoms with Gasteiger partial charge < -0.3 is 5.11 Å². The lowest BCUT2D eigenvalue weighted by atomic mass is 9.96. The molecule has 0 aromatic heterocycles. The molecule has 28 heavy (non-hydrogen) atoms. The van der Waals surface area contributed by atoms with Crippen LogP contribution in [0.15, 0.2) is 59.5 Å². The number of rotatable bonds is 10. The minimum absolute atomic E-state index is 0.0459. The van der Waals surface area contributed by atoms with E-state index >= 15 is 0 Å². The highest BCUT2D eigenvalue weighted by molar-refractivity contribution is 7.89. The first-order valence-corrected chi connectivity index (χ1v) is 11.5. The summed E-state index contributed by atoms with van der Waals surface area (Å²) in [6, 6.07) is 16.1. The van der Waals surface area contributed by atoms with Gasteiger partial charge in [-0.05, 0) is 61.4 Å². The zero-order valence-corrected chi connectivity index (χ0v) is 18.3. The first-order chi connectivity index (χ1) is 13.3. The SMILES string of the molecule is CC(C)C(CO)CN(C(C)CCc1ccccc1)S(=O)(=O)c1ccc(Cl)cc1. The van der Waals surface area contributed by atoms with Gasteiger partial charge in [0.05, 0.1) is 4.90 Å². The van der Waals surface area contributed by atoms with E-state index in [0.29, 0.717) is 11.4 Å². The third kappa shape index (κ3) is 6.05. The number of hydrogen-bond donors (Lipinski definition) is 1. The molecule has 0 bridgehead atoms. The zero-order valence-electron chi connectivity index (χ0n) is 16.8. The summed E-state index contributed by atoms with van der Waals surface area (Å²) in [5.74, 6) is 0.0514. The van der Waals surface area contributed by atoms with E-state index < -0.39 is 10.0 Å². The maximum atomic E-state index is 13.4. The Bertz CT molecular complexity index is 823. The molecule has 1 N–H and O–H groups in total. The van der Waals surface area contributed by atoms with Gasteiger partial charge in [-0.3, -0.25) is 0 Å². The van der Waals surface area contributed by atoms with Crippen LogP contribution in [0.4, 0.5) is 0 Å². The van der Waals surface area contributed by atoms with E-state index in [0.717, 1.165) is 6.42 Å². The van der Waals surface area contributed by atoms with Crippen molar-refractivity contribution >= 4 is 21.6 Å². The molecule has 6 heteroatoms. The van der Waals surface area contributed by atoms with E-state index in [1.165, 1.54) is 17.7 Å². The second kappa shape index (κ2) is 10.4. The Balaban J connectivity index is 2.28. The summed E-state index contributed by atoms with van der Waals surface area (Å²) in [6.07, 6.45) is 1.49. The van der Waals surface area contributed by atoms with Gasteiger partial charge in [-0.2, -0.15) is 4.31 Å². The number of hydrogen-bond acceptors (Lipinski definition) is 3. The normalized spacial score (nSPS) is 14.4. The summed E-state index contributed by atoms with van der Waals surface area (Å²) < 4.78 is 28.3. The summed E-state index contributed by atoms with van der Waals surface area (Å²) in [5.41, 5.74) is 1.18. The Morgan fingerprint density at radius 1 is 1.00 bits per heavy atom. The first-order valence-electron chi connectivity index (χ1n) is 9.68. The molecule has 0 aliphatic heterocycles. The van der Waals surface area contributed by atoms with Crippen molar-refractivity contribution in [1.82, 2.24) is 4.31 Å². The van der Waals surface area contributed by atoms with Crippen LogP contribution in [0.2, 0.25) is 5.02 Å². The predicted molar refractivity (Wildman–Crippen MR) is 115 cm³/mol. The van der Waals surface area contributed by atoms with E-state index in [9.17, 15) is 13.5 Å². The van der Waals surface area contributed by atoms with Crippen LogP contribution >= 0.6 is 11.6 Å². The molecule has 0 saturated carbocycles. The van der Waals surface area contributed by atoms with Crippen molar-refractivity contribution in [3.8, 4) is 0 Å². The van der Waals surface area contributed by atoms with E-state index in [-0.39, 0.29) is 35.9 Å². The van der Waals surface area contributed by atoms with Gasteiger partial charge in [0.15, 0.2) is 0 Å². The molecule has 0 saturated heterocycles. The Hall–Kier alpha value is -1.40. The molecule has 0 aliphatic carbocycles. The lowest BCUT2D eigenvalue weighted by Crippen LogP contribution is -2.43. The first kappa shape index (κ1) is 22.9. The number of sulfonamides is 1. The fraction of sp³-hybridized carbons (Fsp3) is 0.455. The highest BCUT2D eigenvalue weighted by atomic mass is 35.5. The number of benzene rings is 2. The Labute approximate surface area is 174 Å². The van der Waals surface area contributed by atoms with Crippen molar-refractivity contribution in [2.75, 3.05) is 13.2 Å². The second-order valence-corrected chi connectivity index (χ2v) is 9.92. The lowest BCUT2D eigenvalue weighted by molar-refractivity contribution is 0.152. The van der Waals surface area contributed by atoms with Gasteiger partial charge in [0.25, 0.3) is 0 Å². The average molecular weight is 424 g/mol. The van der Waals surface area contributed by atoms with Crippen LogP contribution in [0.1, 0.15) is 32.8 Å². The number of aliphatic hydroxyl groups excluding tert-OH is 1. The highest BCUT2D eigenvalue weighted by Gasteiger charge is 2.31. The van der Waals surface area contributed by atoms with Crippen LogP contribution in [-0.4, -0.2) is 37.0 Å². The van der Waals surface area contributed by atoms with Gasteiger partial charge in [0, 0.05) is 24.2 Å². The van der Waals surface area contributed by atoms with Crippen LogP contribution in [0.5, 0.6) is 0 Å². The maximum absolute atomic E-state index is 13.4. The average Bonchev–Trinajstić information content (AvgIpc) is 2.67. The van der Waals surface area contributed by atoms with Crippen LogP contribution in [0.25, 0.3) is 0 Å². The molecule has 4 nitrogen and oxygen atoms in total. The topological polar surface area (TPSA) is 57.6 Å². The number of halogens is 1. The molecule has 2 unspecified atom stereocenters. The Kier molecular flexibility index (Phi) is 8.50. The summed E-state index contributed by atoms with van der Waals surface area (Å²) in [7, 11) is -3.70. The molecule has 2 atom stereocenters. The molecule has 2 aromatic carbocycles. The minimum atomic E-state index is -3.70. The van der Waals surface area contributed by atoms with Crippen molar-refractivity contribution in [2.45, 2.75) is 44.6 Å². The van der Waals surface area contributed by atoms with Gasteiger partial charge in [0.1, 0.15) is 0 Å². The summed E-state index contributed by atoms with van der Waals surface area (Å²) in [6.45, 7) is 6.18.